The summed E-state index contributed by atoms with van der Waals surface area (Å²) in [4.78, 5) is 8.71. The van der Waals surface area contributed by atoms with Gasteiger partial charge >= 0.3 is 0 Å². The topological polar surface area (TPSA) is 71.4 Å². The number of nitrogens with zero attached hydrogens (tertiary/aromatic N) is 4. The monoisotopic (exact) mass is 282 g/mol. The molecule has 0 bridgehead atoms. The zero-order chi connectivity index (χ0) is 14.7. The van der Waals surface area contributed by atoms with E-state index in [1.165, 1.54) is 0 Å². The second-order valence-electron chi connectivity index (χ2n) is 4.81. The molecule has 0 spiro atoms. The highest BCUT2D eigenvalue weighted by atomic mass is 15.2. The molecule has 0 aliphatic heterocycles. The minimum absolute atomic E-state index is 0.692. The third-order valence-electron chi connectivity index (χ3n) is 3.31. The van der Waals surface area contributed by atoms with E-state index in [1.807, 2.05) is 43.6 Å². The Bertz CT molecular complexity index is 727. The van der Waals surface area contributed by atoms with Crippen molar-refractivity contribution in [1.82, 2.24) is 24.7 Å². The average Bonchev–Trinajstić information content (AvgIpc) is 3.14. The quantitative estimate of drug-likeness (QED) is 0.754. The fourth-order valence-electron chi connectivity index (χ4n) is 2.22. The lowest BCUT2D eigenvalue weighted by Gasteiger charge is -2.08. The highest BCUT2D eigenvalue weighted by molar-refractivity contribution is 5.62. The van der Waals surface area contributed by atoms with Crippen LogP contribution in [-0.4, -0.2) is 24.7 Å². The molecular weight excluding hydrogens is 264 g/mol. The van der Waals surface area contributed by atoms with Crippen molar-refractivity contribution in [2.45, 2.75) is 26.9 Å². The number of benzene rings is 1. The first-order valence-corrected chi connectivity index (χ1v) is 6.99. The Morgan fingerprint density at radius 1 is 1.33 bits per heavy atom. The Hall–Kier alpha value is -2.63. The molecule has 6 heteroatoms. The molecule has 0 unspecified atom stereocenters. The summed E-state index contributed by atoms with van der Waals surface area (Å²) < 4.78 is 2.12. The molecule has 6 nitrogen and oxygen atoms in total. The first-order valence-electron chi connectivity index (χ1n) is 6.99. The molecule has 21 heavy (non-hydrogen) atoms. The van der Waals surface area contributed by atoms with Gasteiger partial charge in [-0.15, -0.1) is 0 Å². The van der Waals surface area contributed by atoms with Crippen LogP contribution in [0.25, 0.3) is 11.4 Å². The summed E-state index contributed by atoms with van der Waals surface area (Å²) in [6.45, 7) is 5.62. The average molecular weight is 282 g/mol. The molecule has 2 N–H and O–H groups in total. The van der Waals surface area contributed by atoms with Gasteiger partial charge in [-0.25, -0.2) is 9.97 Å². The van der Waals surface area contributed by atoms with Crippen LogP contribution in [-0.2, 0) is 13.1 Å². The summed E-state index contributed by atoms with van der Waals surface area (Å²) in [6.07, 6.45) is 3.82. The van der Waals surface area contributed by atoms with Gasteiger partial charge in [0.1, 0.15) is 11.6 Å². The van der Waals surface area contributed by atoms with E-state index in [9.17, 15) is 0 Å². The van der Waals surface area contributed by atoms with Crippen LogP contribution in [0.3, 0.4) is 0 Å². The van der Waals surface area contributed by atoms with Crippen LogP contribution in [0.2, 0.25) is 0 Å². The van der Waals surface area contributed by atoms with Crippen LogP contribution in [0.15, 0.2) is 36.7 Å². The SMILES string of the molecule is CCn1ccnc1CNc1cccc(-c2n[nH]c(C)n2)c1. The second-order valence-corrected chi connectivity index (χ2v) is 4.81. The first kappa shape index (κ1) is 13.4. The van der Waals surface area contributed by atoms with E-state index >= 15 is 0 Å². The van der Waals surface area contributed by atoms with Crippen molar-refractivity contribution >= 4 is 5.69 Å². The normalized spacial score (nSPS) is 10.8. The van der Waals surface area contributed by atoms with Gasteiger partial charge < -0.3 is 9.88 Å². The third kappa shape index (κ3) is 2.94. The molecule has 2 heterocycles. The highest BCUT2D eigenvalue weighted by Crippen LogP contribution is 2.19. The lowest BCUT2D eigenvalue weighted by Crippen LogP contribution is -2.07. The maximum Gasteiger partial charge on any atom is 0.181 e. The van der Waals surface area contributed by atoms with Crippen molar-refractivity contribution in [2.24, 2.45) is 0 Å². The number of anilines is 1. The van der Waals surface area contributed by atoms with E-state index in [1.54, 1.807) is 0 Å². The number of aryl methyl sites for hydroxylation is 2. The Balaban J connectivity index is 1.74. The van der Waals surface area contributed by atoms with Crippen LogP contribution in [0.1, 0.15) is 18.6 Å². The minimum atomic E-state index is 0.692. The predicted octanol–water partition coefficient (Wildman–Crippen LogP) is 2.61. The molecule has 108 valence electrons. The summed E-state index contributed by atoms with van der Waals surface area (Å²) in [5.74, 6) is 2.55. The molecule has 0 saturated heterocycles. The van der Waals surface area contributed by atoms with E-state index in [0.717, 1.165) is 29.4 Å². The second kappa shape index (κ2) is 5.78. The lowest BCUT2D eigenvalue weighted by atomic mass is 10.2. The van der Waals surface area contributed by atoms with Gasteiger partial charge in [0.2, 0.25) is 0 Å². The van der Waals surface area contributed by atoms with Gasteiger partial charge in [0.25, 0.3) is 0 Å². The number of nitrogens with one attached hydrogen (secondary N) is 2. The number of aromatic amines is 1. The molecule has 0 fully saturated rings. The Kier molecular flexibility index (Phi) is 3.68. The van der Waals surface area contributed by atoms with Gasteiger partial charge in [-0.1, -0.05) is 12.1 Å². The molecule has 2 aromatic heterocycles. The van der Waals surface area contributed by atoms with Crippen LogP contribution in [0, 0.1) is 6.92 Å². The number of hydrogen-bond donors (Lipinski definition) is 2. The fourth-order valence-corrected chi connectivity index (χ4v) is 2.22. The van der Waals surface area contributed by atoms with E-state index in [2.05, 4.69) is 37.0 Å². The Morgan fingerprint density at radius 3 is 3.00 bits per heavy atom. The van der Waals surface area contributed by atoms with Crippen LogP contribution < -0.4 is 5.32 Å². The van der Waals surface area contributed by atoms with E-state index in [0.29, 0.717) is 12.4 Å². The lowest BCUT2D eigenvalue weighted by molar-refractivity contribution is 0.708. The van der Waals surface area contributed by atoms with Crippen LogP contribution in [0.4, 0.5) is 5.69 Å². The van der Waals surface area contributed by atoms with Gasteiger partial charge in [0.15, 0.2) is 5.82 Å². The zero-order valence-electron chi connectivity index (χ0n) is 12.2. The molecule has 0 saturated carbocycles. The molecule has 0 atom stereocenters. The molecular formula is C15H18N6. The van der Waals surface area contributed by atoms with Crippen molar-refractivity contribution < 1.29 is 0 Å². The van der Waals surface area contributed by atoms with E-state index < -0.39 is 0 Å². The minimum Gasteiger partial charge on any atom is -0.378 e. The third-order valence-corrected chi connectivity index (χ3v) is 3.31. The maximum atomic E-state index is 4.36. The van der Waals surface area contributed by atoms with Gasteiger partial charge in [0.05, 0.1) is 6.54 Å². The van der Waals surface area contributed by atoms with Crippen molar-refractivity contribution in [2.75, 3.05) is 5.32 Å². The molecule has 1 aromatic carbocycles. The Labute approximate surface area is 123 Å². The van der Waals surface area contributed by atoms with Crippen molar-refractivity contribution in [1.29, 1.82) is 0 Å². The summed E-state index contributed by atoms with van der Waals surface area (Å²) in [5, 5.41) is 10.4. The molecule has 3 aromatic rings. The van der Waals surface area contributed by atoms with Gasteiger partial charge in [0, 0.05) is 30.2 Å². The summed E-state index contributed by atoms with van der Waals surface area (Å²) >= 11 is 0. The number of hydrogen-bond acceptors (Lipinski definition) is 4. The number of imidazole rings is 1. The molecule has 0 aliphatic carbocycles. The maximum absolute atomic E-state index is 4.36. The van der Waals surface area contributed by atoms with Gasteiger partial charge in [-0.05, 0) is 26.0 Å². The highest BCUT2D eigenvalue weighted by Gasteiger charge is 2.05. The number of aromatic nitrogens is 5. The van der Waals surface area contributed by atoms with Crippen LogP contribution in [0.5, 0.6) is 0 Å². The molecule has 0 radical (unpaired) electrons. The van der Waals surface area contributed by atoms with Crippen molar-refractivity contribution in [3.63, 3.8) is 0 Å². The smallest absolute Gasteiger partial charge is 0.181 e. The largest absolute Gasteiger partial charge is 0.378 e. The zero-order valence-corrected chi connectivity index (χ0v) is 12.2. The first-order chi connectivity index (χ1) is 10.3. The van der Waals surface area contributed by atoms with Crippen molar-refractivity contribution in [3.05, 3.63) is 48.3 Å². The standard InChI is InChI=1S/C15H18N6/c1-3-21-8-7-16-14(21)10-17-13-6-4-5-12(9-13)15-18-11(2)19-20-15/h4-9,17H,3,10H2,1-2H3,(H,18,19,20). The van der Waals surface area contributed by atoms with Crippen molar-refractivity contribution in [3.8, 4) is 11.4 Å². The summed E-state index contributed by atoms with van der Waals surface area (Å²) in [5.41, 5.74) is 2.02. The predicted molar refractivity (Wildman–Crippen MR) is 81.8 cm³/mol. The summed E-state index contributed by atoms with van der Waals surface area (Å²) in [6, 6.07) is 8.07. The number of H-pyrrole nitrogens is 1. The van der Waals surface area contributed by atoms with E-state index in [4.69, 9.17) is 0 Å². The van der Waals surface area contributed by atoms with Gasteiger partial charge in [-0.3, -0.25) is 5.10 Å². The number of rotatable bonds is 5. The fraction of sp³-hybridized carbons (Fsp3) is 0.267. The van der Waals surface area contributed by atoms with E-state index in [-0.39, 0.29) is 0 Å². The van der Waals surface area contributed by atoms with Gasteiger partial charge in [-0.2, -0.15) is 5.10 Å². The summed E-state index contributed by atoms with van der Waals surface area (Å²) in [7, 11) is 0. The molecule has 3 rings (SSSR count). The Morgan fingerprint density at radius 2 is 2.24 bits per heavy atom. The van der Waals surface area contributed by atoms with Crippen LogP contribution >= 0.6 is 0 Å². The molecule has 0 amide bonds. The molecule has 0 aliphatic rings.